The number of fused-ring (bicyclic) bond motifs is 1. The van der Waals surface area contributed by atoms with E-state index in [0.29, 0.717) is 44.0 Å². The van der Waals surface area contributed by atoms with Crippen LogP contribution >= 0.6 is 0 Å². The molecule has 2 aliphatic rings. The number of benzene rings is 2. The highest BCUT2D eigenvalue weighted by molar-refractivity contribution is 5.78. The molecule has 0 saturated carbocycles. The molecule has 7 nitrogen and oxygen atoms in total. The van der Waals surface area contributed by atoms with E-state index in [1.54, 1.807) is 0 Å². The van der Waals surface area contributed by atoms with Crippen molar-refractivity contribution in [1.29, 1.82) is 0 Å². The van der Waals surface area contributed by atoms with Crippen LogP contribution in [0.1, 0.15) is 36.0 Å². The number of aliphatic hydroxyl groups is 1. The van der Waals surface area contributed by atoms with Crippen LogP contribution < -0.4 is 19.5 Å². The number of rotatable bonds is 7. The smallest absolute Gasteiger partial charge is 0.234 e. The summed E-state index contributed by atoms with van der Waals surface area (Å²) in [7, 11) is 0. The minimum absolute atomic E-state index is 0.0431. The molecule has 2 aromatic carbocycles. The van der Waals surface area contributed by atoms with Gasteiger partial charge >= 0.3 is 0 Å². The first kappa shape index (κ1) is 22.4. The van der Waals surface area contributed by atoms with Crippen LogP contribution in [-0.2, 0) is 11.3 Å². The van der Waals surface area contributed by atoms with Crippen molar-refractivity contribution in [2.24, 2.45) is 0 Å². The lowest BCUT2D eigenvalue weighted by atomic mass is 9.96. The standard InChI is InChI=1S/C25H32N2O5/c1-18-7-8-21(19(2)13-18)30-16-25(29)9-4-11-27(12-10-25)15-23(28)26-14-20-5-3-6-22-24(20)32-17-31-22/h3,5-8,13,29H,4,9-12,14-17H2,1-2H3,(H,26,28)/t25-/m0/s1. The first-order valence-corrected chi connectivity index (χ1v) is 11.2. The molecule has 2 aromatic rings. The van der Waals surface area contributed by atoms with Crippen molar-refractivity contribution >= 4 is 5.91 Å². The summed E-state index contributed by atoms with van der Waals surface area (Å²) < 4.78 is 16.8. The topological polar surface area (TPSA) is 80.3 Å². The average molecular weight is 441 g/mol. The summed E-state index contributed by atoms with van der Waals surface area (Å²) in [5, 5.41) is 14.0. The number of nitrogens with zero attached hydrogens (tertiary/aromatic N) is 1. The Balaban J connectivity index is 1.25. The fourth-order valence-corrected chi connectivity index (χ4v) is 4.29. The number of aryl methyl sites for hydroxylation is 2. The van der Waals surface area contributed by atoms with Gasteiger partial charge in [-0.05, 0) is 57.4 Å². The lowest BCUT2D eigenvalue weighted by molar-refractivity contribution is -0.122. The van der Waals surface area contributed by atoms with Crippen LogP contribution in [0.5, 0.6) is 17.2 Å². The molecule has 2 aliphatic heterocycles. The molecule has 2 heterocycles. The normalized spacial score (nSPS) is 20.6. The van der Waals surface area contributed by atoms with Gasteiger partial charge in [-0.1, -0.05) is 29.8 Å². The Morgan fingerprint density at radius 3 is 2.91 bits per heavy atom. The third kappa shape index (κ3) is 5.53. The highest BCUT2D eigenvalue weighted by Crippen LogP contribution is 2.35. The molecule has 1 fully saturated rings. The molecule has 32 heavy (non-hydrogen) atoms. The predicted octanol–water partition coefficient (Wildman–Crippen LogP) is 2.94. The summed E-state index contributed by atoms with van der Waals surface area (Å²) in [5.74, 6) is 2.19. The number of carbonyl (C=O) groups is 1. The molecule has 0 aliphatic carbocycles. The summed E-state index contributed by atoms with van der Waals surface area (Å²) in [5.41, 5.74) is 2.28. The third-order valence-corrected chi connectivity index (χ3v) is 6.16. The molecule has 1 saturated heterocycles. The number of hydrogen-bond acceptors (Lipinski definition) is 6. The molecular weight excluding hydrogens is 408 g/mol. The molecule has 0 aromatic heterocycles. The summed E-state index contributed by atoms with van der Waals surface area (Å²) >= 11 is 0. The number of nitrogens with one attached hydrogen (secondary N) is 1. The summed E-state index contributed by atoms with van der Waals surface area (Å²) in [6.07, 6.45) is 2.05. The maximum absolute atomic E-state index is 12.5. The fraction of sp³-hybridized carbons (Fsp3) is 0.480. The van der Waals surface area contributed by atoms with E-state index in [1.165, 1.54) is 5.56 Å². The molecular formula is C25H32N2O5. The zero-order valence-corrected chi connectivity index (χ0v) is 18.9. The number of ether oxygens (including phenoxy) is 3. The lowest BCUT2D eigenvalue weighted by Gasteiger charge is -2.27. The van der Waals surface area contributed by atoms with Crippen LogP contribution in [0.4, 0.5) is 0 Å². The number of carbonyl (C=O) groups excluding carboxylic acids is 1. The SMILES string of the molecule is Cc1ccc(OC[C@]2(O)CCCN(CC(=O)NCc3cccc4c3OCO4)CC2)c(C)c1. The summed E-state index contributed by atoms with van der Waals surface area (Å²) in [4.78, 5) is 14.6. The molecule has 2 N–H and O–H groups in total. The van der Waals surface area contributed by atoms with Crippen molar-refractivity contribution in [3.63, 3.8) is 0 Å². The van der Waals surface area contributed by atoms with Crippen LogP contribution in [-0.4, -0.2) is 54.5 Å². The van der Waals surface area contributed by atoms with Gasteiger partial charge in [-0.3, -0.25) is 9.69 Å². The zero-order valence-electron chi connectivity index (χ0n) is 18.9. The van der Waals surface area contributed by atoms with Gasteiger partial charge in [0, 0.05) is 18.7 Å². The van der Waals surface area contributed by atoms with Crippen LogP contribution in [0.25, 0.3) is 0 Å². The third-order valence-electron chi connectivity index (χ3n) is 6.16. The van der Waals surface area contributed by atoms with Crippen molar-refractivity contribution in [1.82, 2.24) is 10.2 Å². The van der Waals surface area contributed by atoms with E-state index in [2.05, 4.69) is 23.2 Å². The van der Waals surface area contributed by atoms with E-state index in [0.717, 1.165) is 29.8 Å². The Morgan fingerprint density at radius 1 is 1.19 bits per heavy atom. The minimum Gasteiger partial charge on any atom is -0.490 e. The molecule has 0 bridgehead atoms. The van der Waals surface area contributed by atoms with Gasteiger partial charge in [0.2, 0.25) is 12.7 Å². The van der Waals surface area contributed by atoms with Gasteiger partial charge < -0.3 is 24.6 Å². The Kier molecular flexibility index (Phi) is 6.86. The van der Waals surface area contributed by atoms with Gasteiger partial charge in [-0.15, -0.1) is 0 Å². The molecule has 7 heteroatoms. The monoisotopic (exact) mass is 440 g/mol. The van der Waals surface area contributed by atoms with Gasteiger partial charge in [-0.2, -0.15) is 0 Å². The Hall–Kier alpha value is -2.77. The quantitative estimate of drug-likeness (QED) is 0.689. The maximum atomic E-state index is 12.5. The predicted molar refractivity (Wildman–Crippen MR) is 121 cm³/mol. The van der Waals surface area contributed by atoms with Gasteiger partial charge in [0.05, 0.1) is 12.1 Å². The van der Waals surface area contributed by atoms with Gasteiger partial charge in [-0.25, -0.2) is 0 Å². The maximum Gasteiger partial charge on any atom is 0.234 e. The molecule has 1 amide bonds. The van der Waals surface area contributed by atoms with Crippen LogP contribution in [0.2, 0.25) is 0 Å². The van der Waals surface area contributed by atoms with E-state index in [4.69, 9.17) is 14.2 Å². The molecule has 172 valence electrons. The largest absolute Gasteiger partial charge is 0.490 e. The first-order chi connectivity index (χ1) is 15.4. The van der Waals surface area contributed by atoms with E-state index >= 15 is 0 Å². The van der Waals surface area contributed by atoms with Gasteiger partial charge in [0.15, 0.2) is 11.5 Å². The molecule has 0 radical (unpaired) electrons. The molecule has 4 rings (SSSR count). The summed E-state index contributed by atoms with van der Waals surface area (Å²) in [6, 6.07) is 11.7. The number of likely N-dealkylation sites (tertiary alicyclic amines) is 1. The second kappa shape index (κ2) is 9.79. The Bertz CT molecular complexity index is 963. The van der Waals surface area contributed by atoms with Crippen LogP contribution in [0.3, 0.4) is 0 Å². The van der Waals surface area contributed by atoms with E-state index in [1.807, 2.05) is 37.3 Å². The van der Waals surface area contributed by atoms with Gasteiger partial charge in [0.1, 0.15) is 12.4 Å². The van der Waals surface area contributed by atoms with Crippen molar-refractivity contribution < 1.29 is 24.1 Å². The first-order valence-electron chi connectivity index (χ1n) is 11.2. The Labute approximate surface area is 189 Å². The zero-order chi connectivity index (χ0) is 22.6. The number of para-hydroxylation sites is 1. The van der Waals surface area contributed by atoms with E-state index < -0.39 is 5.60 Å². The van der Waals surface area contributed by atoms with Crippen molar-refractivity contribution in [2.45, 2.75) is 45.3 Å². The fourth-order valence-electron chi connectivity index (χ4n) is 4.29. The van der Waals surface area contributed by atoms with Crippen molar-refractivity contribution in [2.75, 3.05) is 33.0 Å². The number of hydrogen-bond donors (Lipinski definition) is 2. The van der Waals surface area contributed by atoms with E-state index in [-0.39, 0.29) is 19.3 Å². The van der Waals surface area contributed by atoms with Crippen LogP contribution in [0.15, 0.2) is 36.4 Å². The summed E-state index contributed by atoms with van der Waals surface area (Å²) in [6.45, 7) is 6.67. The number of amides is 1. The average Bonchev–Trinajstić information content (AvgIpc) is 3.17. The second-order valence-corrected chi connectivity index (χ2v) is 8.84. The highest BCUT2D eigenvalue weighted by atomic mass is 16.7. The highest BCUT2D eigenvalue weighted by Gasteiger charge is 2.31. The minimum atomic E-state index is -0.884. The van der Waals surface area contributed by atoms with Gasteiger partial charge in [0.25, 0.3) is 0 Å². The lowest BCUT2D eigenvalue weighted by Crippen LogP contribution is -2.40. The van der Waals surface area contributed by atoms with Crippen molar-refractivity contribution in [3.8, 4) is 17.2 Å². The van der Waals surface area contributed by atoms with Crippen LogP contribution in [0, 0.1) is 13.8 Å². The molecule has 0 spiro atoms. The Morgan fingerprint density at radius 2 is 2.06 bits per heavy atom. The molecule has 1 atom stereocenters. The van der Waals surface area contributed by atoms with Crippen molar-refractivity contribution in [3.05, 3.63) is 53.1 Å². The molecule has 0 unspecified atom stereocenters. The van der Waals surface area contributed by atoms with E-state index in [9.17, 15) is 9.90 Å². The second-order valence-electron chi connectivity index (χ2n) is 8.84.